The van der Waals surface area contributed by atoms with E-state index in [9.17, 15) is 4.79 Å². The van der Waals surface area contributed by atoms with Crippen molar-refractivity contribution in [3.63, 3.8) is 0 Å². The monoisotopic (exact) mass is 272 g/mol. The summed E-state index contributed by atoms with van der Waals surface area (Å²) in [5.74, 6) is 0.132. The van der Waals surface area contributed by atoms with Crippen molar-refractivity contribution in [3.8, 4) is 5.69 Å². The number of para-hydroxylation sites is 1. The minimum Gasteiger partial charge on any atom is -0.462 e. The molecule has 1 aromatic carbocycles. The SMILES string of the molecule is CCOC(=O)c1cn(-c2ccccc2)nc1CC(C)C. The van der Waals surface area contributed by atoms with Crippen LogP contribution in [-0.2, 0) is 11.2 Å². The minimum atomic E-state index is -0.301. The van der Waals surface area contributed by atoms with Crippen LogP contribution in [0, 0.1) is 5.92 Å². The lowest BCUT2D eigenvalue weighted by atomic mass is 10.1. The lowest BCUT2D eigenvalue weighted by Gasteiger charge is -2.04. The maximum Gasteiger partial charge on any atom is 0.341 e. The molecule has 0 amide bonds. The number of ether oxygens (including phenoxy) is 1. The van der Waals surface area contributed by atoms with Gasteiger partial charge >= 0.3 is 5.97 Å². The van der Waals surface area contributed by atoms with E-state index in [2.05, 4.69) is 18.9 Å². The predicted octanol–water partition coefficient (Wildman–Crippen LogP) is 3.25. The lowest BCUT2D eigenvalue weighted by Crippen LogP contribution is -2.08. The van der Waals surface area contributed by atoms with E-state index in [1.807, 2.05) is 37.3 Å². The molecule has 0 unspecified atom stereocenters. The maximum atomic E-state index is 12.0. The van der Waals surface area contributed by atoms with Gasteiger partial charge in [-0.2, -0.15) is 5.10 Å². The third-order valence-electron chi connectivity index (χ3n) is 2.91. The number of hydrogen-bond acceptors (Lipinski definition) is 3. The predicted molar refractivity (Wildman–Crippen MR) is 78.1 cm³/mol. The van der Waals surface area contributed by atoms with E-state index in [0.29, 0.717) is 18.1 Å². The molecule has 2 rings (SSSR count). The van der Waals surface area contributed by atoms with Crippen LogP contribution in [0.1, 0.15) is 36.8 Å². The van der Waals surface area contributed by atoms with Gasteiger partial charge in [-0.25, -0.2) is 9.48 Å². The fourth-order valence-corrected chi connectivity index (χ4v) is 2.04. The first-order valence-corrected chi connectivity index (χ1v) is 6.93. The van der Waals surface area contributed by atoms with E-state index in [1.54, 1.807) is 10.9 Å². The normalized spacial score (nSPS) is 10.8. The van der Waals surface area contributed by atoms with Gasteiger partial charge in [0, 0.05) is 6.20 Å². The molecule has 0 aliphatic carbocycles. The summed E-state index contributed by atoms with van der Waals surface area (Å²) in [6, 6.07) is 9.77. The van der Waals surface area contributed by atoms with Crippen molar-refractivity contribution in [2.45, 2.75) is 27.2 Å². The average Bonchev–Trinajstić information content (AvgIpc) is 2.83. The van der Waals surface area contributed by atoms with Crippen molar-refractivity contribution >= 4 is 5.97 Å². The van der Waals surface area contributed by atoms with Crippen LogP contribution in [0.3, 0.4) is 0 Å². The number of nitrogens with zero attached hydrogens (tertiary/aromatic N) is 2. The Morgan fingerprint density at radius 2 is 2.00 bits per heavy atom. The van der Waals surface area contributed by atoms with Crippen molar-refractivity contribution in [1.29, 1.82) is 0 Å². The molecule has 0 radical (unpaired) electrons. The maximum absolute atomic E-state index is 12.0. The second kappa shape index (κ2) is 6.37. The standard InChI is InChI=1S/C16H20N2O2/c1-4-20-16(19)14-11-18(13-8-6-5-7-9-13)17-15(14)10-12(2)3/h5-9,11-12H,4,10H2,1-3H3. The highest BCUT2D eigenvalue weighted by atomic mass is 16.5. The number of esters is 1. The first-order chi connectivity index (χ1) is 9.61. The molecule has 0 spiro atoms. The number of benzene rings is 1. The molecule has 1 aromatic heterocycles. The van der Waals surface area contributed by atoms with Gasteiger partial charge in [-0.3, -0.25) is 0 Å². The number of rotatable bonds is 5. The first-order valence-electron chi connectivity index (χ1n) is 6.93. The Morgan fingerprint density at radius 3 is 2.60 bits per heavy atom. The van der Waals surface area contributed by atoms with Crippen LogP contribution in [0.5, 0.6) is 0 Å². The smallest absolute Gasteiger partial charge is 0.341 e. The van der Waals surface area contributed by atoms with Gasteiger partial charge in [-0.15, -0.1) is 0 Å². The summed E-state index contributed by atoms with van der Waals surface area (Å²) in [6.07, 6.45) is 2.51. The highest BCUT2D eigenvalue weighted by molar-refractivity contribution is 5.90. The van der Waals surface area contributed by atoms with Gasteiger partial charge in [0.2, 0.25) is 0 Å². The fraction of sp³-hybridized carbons (Fsp3) is 0.375. The molecule has 4 heteroatoms. The Hall–Kier alpha value is -2.10. The van der Waals surface area contributed by atoms with Crippen LogP contribution in [0.15, 0.2) is 36.5 Å². The summed E-state index contributed by atoms with van der Waals surface area (Å²) >= 11 is 0. The molecule has 0 N–H and O–H groups in total. The summed E-state index contributed by atoms with van der Waals surface area (Å²) in [7, 11) is 0. The topological polar surface area (TPSA) is 44.1 Å². The molecule has 20 heavy (non-hydrogen) atoms. The molecule has 0 bridgehead atoms. The van der Waals surface area contributed by atoms with Gasteiger partial charge in [-0.05, 0) is 31.4 Å². The Labute approximate surface area is 119 Å². The molecular formula is C16H20N2O2. The Morgan fingerprint density at radius 1 is 1.30 bits per heavy atom. The van der Waals surface area contributed by atoms with Crippen molar-refractivity contribution in [2.24, 2.45) is 5.92 Å². The Bertz CT molecular complexity index is 573. The fourth-order valence-electron chi connectivity index (χ4n) is 2.04. The minimum absolute atomic E-state index is 0.301. The third-order valence-corrected chi connectivity index (χ3v) is 2.91. The third kappa shape index (κ3) is 3.26. The number of carbonyl (C=O) groups excluding carboxylic acids is 1. The number of aromatic nitrogens is 2. The first kappa shape index (κ1) is 14.3. The highest BCUT2D eigenvalue weighted by Crippen LogP contribution is 2.16. The summed E-state index contributed by atoms with van der Waals surface area (Å²) in [4.78, 5) is 12.0. The van der Waals surface area contributed by atoms with Crippen LogP contribution in [-0.4, -0.2) is 22.4 Å². The summed E-state index contributed by atoms with van der Waals surface area (Å²) in [5, 5.41) is 4.54. The van der Waals surface area contributed by atoms with E-state index in [4.69, 9.17) is 4.74 Å². The van der Waals surface area contributed by atoms with E-state index < -0.39 is 0 Å². The van der Waals surface area contributed by atoms with Gasteiger partial charge in [0.05, 0.1) is 18.0 Å². The van der Waals surface area contributed by atoms with Gasteiger partial charge in [-0.1, -0.05) is 32.0 Å². The summed E-state index contributed by atoms with van der Waals surface area (Å²) < 4.78 is 6.85. The Kier molecular flexibility index (Phi) is 4.56. The molecule has 1 heterocycles. The molecule has 4 nitrogen and oxygen atoms in total. The number of hydrogen-bond donors (Lipinski definition) is 0. The van der Waals surface area contributed by atoms with Crippen LogP contribution in [0.4, 0.5) is 0 Å². The second-order valence-corrected chi connectivity index (χ2v) is 5.09. The van der Waals surface area contributed by atoms with Gasteiger partial charge in [0.15, 0.2) is 0 Å². The van der Waals surface area contributed by atoms with E-state index in [1.165, 1.54) is 0 Å². The molecule has 2 aromatic rings. The zero-order valence-electron chi connectivity index (χ0n) is 12.2. The quantitative estimate of drug-likeness (QED) is 0.785. The van der Waals surface area contributed by atoms with Crippen molar-refractivity contribution in [2.75, 3.05) is 6.61 Å². The van der Waals surface area contributed by atoms with Crippen LogP contribution < -0.4 is 0 Å². The van der Waals surface area contributed by atoms with Crippen LogP contribution >= 0.6 is 0 Å². The van der Waals surface area contributed by atoms with Gasteiger partial charge in [0.25, 0.3) is 0 Å². The molecule has 0 fully saturated rings. The van der Waals surface area contributed by atoms with Crippen molar-refractivity contribution < 1.29 is 9.53 Å². The summed E-state index contributed by atoms with van der Waals surface area (Å²) in [6.45, 7) is 6.39. The zero-order chi connectivity index (χ0) is 14.5. The highest BCUT2D eigenvalue weighted by Gasteiger charge is 2.18. The van der Waals surface area contributed by atoms with Crippen LogP contribution in [0.25, 0.3) is 5.69 Å². The molecule has 0 saturated heterocycles. The number of carbonyl (C=O) groups is 1. The lowest BCUT2D eigenvalue weighted by molar-refractivity contribution is 0.0525. The van der Waals surface area contributed by atoms with Gasteiger partial charge in [0.1, 0.15) is 5.56 Å². The van der Waals surface area contributed by atoms with E-state index >= 15 is 0 Å². The van der Waals surface area contributed by atoms with Crippen molar-refractivity contribution in [1.82, 2.24) is 9.78 Å². The second-order valence-electron chi connectivity index (χ2n) is 5.09. The molecule has 0 aliphatic heterocycles. The molecule has 0 atom stereocenters. The van der Waals surface area contributed by atoms with Crippen molar-refractivity contribution in [3.05, 3.63) is 47.8 Å². The molecule has 106 valence electrons. The van der Waals surface area contributed by atoms with Gasteiger partial charge < -0.3 is 4.74 Å². The largest absolute Gasteiger partial charge is 0.462 e. The van der Waals surface area contributed by atoms with Crippen LogP contribution in [0.2, 0.25) is 0 Å². The zero-order valence-corrected chi connectivity index (χ0v) is 12.2. The Balaban J connectivity index is 2.39. The van der Waals surface area contributed by atoms with E-state index in [0.717, 1.165) is 17.8 Å². The summed E-state index contributed by atoms with van der Waals surface area (Å²) in [5.41, 5.74) is 2.29. The molecular weight excluding hydrogens is 252 g/mol. The average molecular weight is 272 g/mol. The molecule has 0 saturated carbocycles. The molecule has 0 aliphatic rings. The van der Waals surface area contributed by atoms with E-state index in [-0.39, 0.29) is 5.97 Å².